The van der Waals surface area contributed by atoms with Gasteiger partial charge in [-0.15, -0.1) is 0 Å². The molecule has 1 fully saturated rings. The van der Waals surface area contributed by atoms with Crippen molar-refractivity contribution in [2.45, 2.75) is 32.6 Å². The molecule has 0 bridgehead atoms. The molecule has 1 amide bonds. The largest absolute Gasteiger partial charge is 0.493 e. The lowest BCUT2D eigenvalue weighted by Gasteiger charge is -2.18. The molecule has 114 valence electrons. The van der Waals surface area contributed by atoms with Gasteiger partial charge in [0.05, 0.1) is 7.11 Å². The molecule has 1 aliphatic rings. The second-order valence-electron chi connectivity index (χ2n) is 5.35. The molecule has 1 saturated carbocycles. The Balaban J connectivity index is 1.81. The first-order valence-electron chi connectivity index (χ1n) is 7.29. The van der Waals surface area contributed by atoms with E-state index in [9.17, 15) is 4.79 Å². The van der Waals surface area contributed by atoms with Gasteiger partial charge in [0.1, 0.15) is 0 Å². The number of carbonyl (C=O) groups is 1. The van der Waals surface area contributed by atoms with Crippen LogP contribution in [0, 0.1) is 5.92 Å². The number of amides is 1. The van der Waals surface area contributed by atoms with Crippen molar-refractivity contribution in [2.75, 3.05) is 13.7 Å². The van der Waals surface area contributed by atoms with E-state index in [1.807, 2.05) is 12.1 Å². The number of rotatable bonds is 5. The Morgan fingerprint density at radius 3 is 2.86 bits per heavy atom. The van der Waals surface area contributed by atoms with Gasteiger partial charge in [-0.2, -0.15) is 5.10 Å². The minimum Gasteiger partial charge on any atom is -0.493 e. The molecule has 2 rings (SSSR count). The van der Waals surface area contributed by atoms with Gasteiger partial charge in [-0.05, 0) is 43.7 Å². The lowest BCUT2D eigenvalue weighted by atomic mass is 9.89. The van der Waals surface area contributed by atoms with Crippen molar-refractivity contribution in [3.8, 4) is 11.5 Å². The van der Waals surface area contributed by atoms with Crippen molar-refractivity contribution in [3.05, 3.63) is 24.3 Å². The molecule has 1 aliphatic carbocycles. The van der Waals surface area contributed by atoms with E-state index >= 15 is 0 Å². The van der Waals surface area contributed by atoms with Crippen LogP contribution in [0.5, 0.6) is 11.5 Å². The van der Waals surface area contributed by atoms with E-state index in [1.165, 1.54) is 6.42 Å². The summed E-state index contributed by atoms with van der Waals surface area (Å²) in [7, 11) is 1.57. The van der Waals surface area contributed by atoms with E-state index in [2.05, 4.69) is 17.5 Å². The minimum absolute atomic E-state index is 0.0767. The first-order valence-corrected chi connectivity index (χ1v) is 7.29. The predicted molar refractivity (Wildman–Crippen MR) is 81.7 cm³/mol. The average molecular weight is 290 g/mol. The highest BCUT2D eigenvalue weighted by Gasteiger charge is 2.14. The van der Waals surface area contributed by atoms with Gasteiger partial charge in [-0.25, -0.2) is 5.43 Å². The van der Waals surface area contributed by atoms with Crippen LogP contribution in [0.15, 0.2) is 29.4 Å². The fourth-order valence-corrected chi connectivity index (χ4v) is 2.42. The monoisotopic (exact) mass is 290 g/mol. The molecule has 0 aromatic heterocycles. The van der Waals surface area contributed by atoms with Crippen molar-refractivity contribution in [1.82, 2.24) is 5.43 Å². The molecule has 21 heavy (non-hydrogen) atoms. The fraction of sp³-hybridized carbons (Fsp3) is 0.500. The summed E-state index contributed by atoms with van der Waals surface area (Å²) in [6.45, 7) is 2.13. The lowest BCUT2D eigenvalue weighted by Crippen LogP contribution is -2.27. The standard InChI is InChI=1S/C16H22N2O3/c1-12-6-5-7-13(10-12)17-18-16(19)11-21-15-9-4-3-8-14(15)20-2/h3-4,8-9,12H,5-7,10-11H2,1-2H3,(H,18,19)/b17-13-/t12-/m0/s1. The van der Waals surface area contributed by atoms with E-state index in [4.69, 9.17) is 9.47 Å². The van der Waals surface area contributed by atoms with Gasteiger partial charge < -0.3 is 9.47 Å². The summed E-state index contributed by atoms with van der Waals surface area (Å²) in [5, 5.41) is 4.19. The van der Waals surface area contributed by atoms with E-state index in [0.717, 1.165) is 25.0 Å². The molecule has 1 atom stereocenters. The summed E-state index contributed by atoms with van der Waals surface area (Å²) in [6.07, 6.45) is 4.32. The molecule has 5 heteroatoms. The van der Waals surface area contributed by atoms with Crippen LogP contribution in [-0.2, 0) is 4.79 Å². The Morgan fingerprint density at radius 2 is 2.14 bits per heavy atom. The number of hydrazone groups is 1. The van der Waals surface area contributed by atoms with E-state index in [1.54, 1.807) is 19.2 Å². The first kappa shape index (κ1) is 15.4. The van der Waals surface area contributed by atoms with Crippen LogP contribution in [-0.4, -0.2) is 25.3 Å². The maximum atomic E-state index is 11.8. The topological polar surface area (TPSA) is 59.9 Å². The highest BCUT2D eigenvalue weighted by Crippen LogP contribution is 2.25. The molecule has 0 saturated heterocycles. The van der Waals surface area contributed by atoms with Crippen LogP contribution in [0.25, 0.3) is 0 Å². The summed E-state index contributed by atoms with van der Waals surface area (Å²) < 4.78 is 10.6. The van der Waals surface area contributed by atoms with Crippen LogP contribution in [0.2, 0.25) is 0 Å². The summed E-state index contributed by atoms with van der Waals surface area (Å²) in [4.78, 5) is 11.8. The maximum absolute atomic E-state index is 11.8. The maximum Gasteiger partial charge on any atom is 0.277 e. The highest BCUT2D eigenvalue weighted by molar-refractivity contribution is 5.87. The predicted octanol–water partition coefficient (Wildman–Crippen LogP) is 2.76. The Morgan fingerprint density at radius 1 is 1.38 bits per heavy atom. The van der Waals surface area contributed by atoms with Crippen molar-refractivity contribution in [2.24, 2.45) is 11.0 Å². The second kappa shape index (κ2) is 7.67. The van der Waals surface area contributed by atoms with Crippen molar-refractivity contribution in [1.29, 1.82) is 0 Å². The smallest absolute Gasteiger partial charge is 0.277 e. The average Bonchev–Trinajstić information content (AvgIpc) is 2.51. The van der Waals surface area contributed by atoms with Crippen LogP contribution < -0.4 is 14.9 Å². The van der Waals surface area contributed by atoms with Gasteiger partial charge in [0.15, 0.2) is 18.1 Å². The zero-order valence-electron chi connectivity index (χ0n) is 12.6. The molecule has 1 aromatic rings. The molecule has 0 heterocycles. The molecule has 0 spiro atoms. The van der Waals surface area contributed by atoms with Gasteiger partial charge in [0.2, 0.25) is 0 Å². The molecular weight excluding hydrogens is 268 g/mol. The Labute approximate surface area is 125 Å². The Bertz CT molecular complexity index is 514. The molecule has 1 aromatic carbocycles. The number of hydrogen-bond acceptors (Lipinski definition) is 4. The summed E-state index contributed by atoms with van der Waals surface area (Å²) in [5.74, 6) is 1.55. The molecule has 5 nitrogen and oxygen atoms in total. The third kappa shape index (κ3) is 4.77. The molecule has 0 radical (unpaired) electrons. The van der Waals surface area contributed by atoms with Crippen LogP contribution in [0.3, 0.4) is 0 Å². The first-order chi connectivity index (χ1) is 10.2. The molecular formula is C16H22N2O3. The van der Waals surface area contributed by atoms with Crippen molar-refractivity contribution < 1.29 is 14.3 Å². The number of nitrogens with one attached hydrogen (secondary N) is 1. The third-order valence-corrected chi connectivity index (χ3v) is 3.51. The quantitative estimate of drug-likeness (QED) is 0.848. The van der Waals surface area contributed by atoms with Crippen LogP contribution in [0.1, 0.15) is 32.6 Å². The van der Waals surface area contributed by atoms with Gasteiger partial charge in [0, 0.05) is 5.71 Å². The number of methoxy groups -OCH3 is 1. The van der Waals surface area contributed by atoms with Crippen LogP contribution in [0.4, 0.5) is 0 Å². The fourth-order valence-electron chi connectivity index (χ4n) is 2.42. The third-order valence-electron chi connectivity index (χ3n) is 3.51. The molecule has 0 unspecified atom stereocenters. The Kier molecular flexibility index (Phi) is 5.60. The summed E-state index contributed by atoms with van der Waals surface area (Å²) in [6, 6.07) is 7.24. The van der Waals surface area contributed by atoms with Crippen molar-refractivity contribution in [3.63, 3.8) is 0 Å². The summed E-state index contributed by atoms with van der Waals surface area (Å²) >= 11 is 0. The number of nitrogens with zero attached hydrogens (tertiary/aromatic N) is 1. The number of hydrogen-bond donors (Lipinski definition) is 1. The molecule has 1 N–H and O–H groups in total. The van der Waals surface area contributed by atoms with Gasteiger partial charge >= 0.3 is 0 Å². The van der Waals surface area contributed by atoms with Crippen molar-refractivity contribution >= 4 is 11.6 Å². The van der Waals surface area contributed by atoms with E-state index in [0.29, 0.717) is 17.4 Å². The Hall–Kier alpha value is -2.04. The van der Waals surface area contributed by atoms with Gasteiger partial charge in [0.25, 0.3) is 5.91 Å². The SMILES string of the molecule is COc1ccccc1OCC(=O)N/N=C1/CCC[C@H](C)C1. The zero-order valence-corrected chi connectivity index (χ0v) is 12.6. The van der Waals surface area contributed by atoms with E-state index < -0.39 is 0 Å². The van der Waals surface area contributed by atoms with Gasteiger partial charge in [-0.1, -0.05) is 19.1 Å². The number of ether oxygens (including phenoxy) is 2. The van der Waals surface area contributed by atoms with Crippen LogP contribution >= 0.6 is 0 Å². The number of carbonyl (C=O) groups excluding carboxylic acids is 1. The zero-order chi connectivity index (χ0) is 15.1. The normalized spacial score (nSPS) is 20.1. The molecule has 0 aliphatic heterocycles. The summed E-state index contributed by atoms with van der Waals surface area (Å²) in [5.41, 5.74) is 3.63. The number of benzene rings is 1. The second-order valence-corrected chi connectivity index (χ2v) is 5.35. The number of para-hydroxylation sites is 2. The highest BCUT2D eigenvalue weighted by atomic mass is 16.5. The lowest BCUT2D eigenvalue weighted by molar-refractivity contribution is -0.123. The minimum atomic E-state index is -0.258. The van der Waals surface area contributed by atoms with E-state index in [-0.39, 0.29) is 12.5 Å². The van der Waals surface area contributed by atoms with Gasteiger partial charge in [-0.3, -0.25) is 4.79 Å².